The third-order valence-corrected chi connectivity index (χ3v) is 6.01. The molecule has 2 rings (SSSR count). The van der Waals surface area contributed by atoms with E-state index in [0.29, 0.717) is 0 Å². The first-order valence-corrected chi connectivity index (χ1v) is 9.56. The summed E-state index contributed by atoms with van der Waals surface area (Å²) in [5.41, 5.74) is 0. The normalized spacial score (nSPS) is 33.3. The number of allylic oxidation sites excluding steroid dienone is 4. The summed E-state index contributed by atoms with van der Waals surface area (Å²) in [6, 6.07) is 2.04. The maximum atomic E-state index is 8.48. The average Bonchev–Trinajstić information content (AvgIpc) is 2.58. The van der Waals surface area contributed by atoms with Crippen LogP contribution in [0.3, 0.4) is 0 Å². The van der Waals surface area contributed by atoms with Crippen molar-refractivity contribution in [1.82, 2.24) is 0 Å². The second-order valence-corrected chi connectivity index (χ2v) is 7.47. The zero-order valence-electron chi connectivity index (χ0n) is 14.3. The van der Waals surface area contributed by atoms with Gasteiger partial charge in [0.25, 0.3) is 0 Å². The molecule has 0 atom stereocenters. The van der Waals surface area contributed by atoms with Crippen LogP contribution in [0.5, 0.6) is 0 Å². The van der Waals surface area contributed by atoms with E-state index < -0.39 is 0 Å². The SMILES string of the molecule is CCCCC1CCC(C2CCC(/C=C/C=C/C#N)CC2)CC1. The fourth-order valence-corrected chi connectivity index (χ4v) is 4.57. The summed E-state index contributed by atoms with van der Waals surface area (Å²) in [6.07, 6.45) is 23.7. The molecule has 0 saturated heterocycles. The number of nitriles is 1. The first-order chi connectivity index (χ1) is 10.8. The molecule has 1 heteroatoms. The van der Waals surface area contributed by atoms with Gasteiger partial charge in [0.1, 0.15) is 0 Å². The van der Waals surface area contributed by atoms with Gasteiger partial charge in [-0.25, -0.2) is 0 Å². The van der Waals surface area contributed by atoms with Gasteiger partial charge < -0.3 is 0 Å². The van der Waals surface area contributed by atoms with E-state index in [1.807, 2.05) is 12.1 Å². The van der Waals surface area contributed by atoms with Crippen LogP contribution >= 0.6 is 0 Å². The molecule has 2 aliphatic carbocycles. The van der Waals surface area contributed by atoms with Crippen LogP contribution in [0.4, 0.5) is 0 Å². The van der Waals surface area contributed by atoms with Crippen molar-refractivity contribution in [3.8, 4) is 6.07 Å². The number of rotatable bonds is 6. The van der Waals surface area contributed by atoms with E-state index >= 15 is 0 Å². The first kappa shape index (κ1) is 17.3. The van der Waals surface area contributed by atoms with Crippen LogP contribution in [-0.2, 0) is 0 Å². The number of nitrogens with zero attached hydrogens (tertiary/aromatic N) is 1. The van der Waals surface area contributed by atoms with E-state index in [4.69, 9.17) is 5.26 Å². The van der Waals surface area contributed by atoms with E-state index in [-0.39, 0.29) is 0 Å². The Bertz CT molecular complexity index is 385. The quantitative estimate of drug-likeness (QED) is 0.410. The molecule has 0 amide bonds. The number of unbranched alkanes of at least 4 members (excludes halogenated alkanes) is 1. The Morgan fingerprint density at radius 3 is 2.14 bits per heavy atom. The van der Waals surface area contributed by atoms with Crippen molar-refractivity contribution in [2.75, 3.05) is 0 Å². The minimum absolute atomic E-state index is 0.750. The van der Waals surface area contributed by atoms with Gasteiger partial charge >= 0.3 is 0 Å². The van der Waals surface area contributed by atoms with E-state index in [2.05, 4.69) is 19.1 Å². The molecule has 0 heterocycles. The van der Waals surface area contributed by atoms with Gasteiger partial charge in [0, 0.05) is 6.08 Å². The predicted molar refractivity (Wildman–Crippen MR) is 94.3 cm³/mol. The van der Waals surface area contributed by atoms with Crippen LogP contribution < -0.4 is 0 Å². The molecule has 22 heavy (non-hydrogen) atoms. The molecule has 0 aromatic heterocycles. The zero-order valence-corrected chi connectivity index (χ0v) is 14.3. The molecule has 0 aromatic carbocycles. The summed E-state index contributed by atoms with van der Waals surface area (Å²) in [5, 5.41) is 8.48. The molecule has 2 saturated carbocycles. The fraction of sp³-hybridized carbons (Fsp3) is 0.762. The minimum Gasteiger partial charge on any atom is -0.193 e. The van der Waals surface area contributed by atoms with E-state index in [1.54, 1.807) is 6.08 Å². The maximum Gasteiger partial charge on any atom is 0.0912 e. The topological polar surface area (TPSA) is 23.8 Å². The smallest absolute Gasteiger partial charge is 0.0912 e. The molecule has 0 aliphatic heterocycles. The highest BCUT2D eigenvalue weighted by molar-refractivity contribution is 5.12. The Balaban J connectivity index is 1.66. The van der Waals surface area contributed by atoms with Crippen molar-refractivity contribution in [2.24, 2.45) is 23.7 Å². The van der Waals surface area contributed by atoms with Crippen LogP contribution in [0.15, 0.2) is 24.3 Å². The summed E-state index contributed by atoms with van der Waals surface area (Å²) in [7, 11) is 0. The zero-order chi connectivity index (χ0) is 15.6. The summed E-state index contributed by atoms with van der Waals surface area (Å²) in [4.78, 5) is 0. The summed E-state index contributed by atoms with van der Waals surface area (Å²) in [5.74, 6) is 3.83. The lowest BCUT2D eigenvalue weighted by Gasteiger charge is -2.37. The minimum atomic E-state index is 0.750. The summed E-state index contributed by atoms with van der Waals surface area (Å²) >= 11 is 0. The third kappa shape index (κ3) is 5.64. The lowest BCUT2D eigenvalue weighted by Crippen LogP contribution is -2.25. The Morgan fingerprint density at radius 1 is 0.909 bits per heavy atom. The highest BCUT2D eigenvalue weighted by Gasteiger charge is 2.29. The predicted octanol–water partition coefficient (Wildman–Crippen LogP) is 6.43. The van der Waals surface area contributed by atoms with Crippen LogP contribution in [0.1, 0.15) is 77.6 Å². The molecular formula is C21H33N. The third-order valence-electron chi connectivity index (χ3n) is 6.01. The van der Waals surface area contributed by atoms with E-state index in [0.717, 1.165) is 23.7 Å². The Labute approximate surface area is 137 Å². The lowest BCUT2D eigenvalue weighted by atomic mass is 9.68. The molecule has 0 unspecified atom stereocenters. The van der Waals surface area contributed by atoms with Crippen molar-refractivity contribution in [3.63, 3.8) is 0 Å². The molecule has 0 spiro atoms. The van der Waals surface area contributed by atoms with Crippen molar-refractivity contribution in [1.29, 1.82) is 5.26 Å². The van der Waals surface area contributed by atoms with Crippen LogP contribution in [0, 0.1) is 35.0 Å². The Morgan fingerprint density at radius 2 is 1.55 bits per heavy atom. The second-order valence-electron chi connectivity index (χ2n) is 7.47. The molecule has 2 fully saturated rings. The summed E-state index contributed by atoms with van der Waals surface area (Å²) in [6.45, 7) is 2.31. The summed E-state index contributed by atoms with van der Waals surface area (Å²) < 4.78 is 0. The van der Waals surface area contributed by atoms with Gasteiger partial charge in [0.15, 0.2) is 0 Å². The van der Waals surface area contributed by atoms with Crippen LogP contribution in [0.25, 0.3) is 0 Å². The largest absolute Gasteiger partial charge is 0.193 e. The van der Waals surface area contributed by atoms with Crippen LogP contribution in [0.2, 0.25) is 0 Å². The highest BCUT2D eigenvalue weighted by Crippen LogP contribution is 2.42. The molecule has 2 aliphatic rings. The Kier molecular flexibility index (Phi) is 7.78. The molecule has 1 nitrogen and oxygen atoms in total. The molecule has 0 bridgehead atoms. The maximum absolute atomic E-state index is 8.48. The first-order valence-electron chi connectivity index (χ1n) is 9.56. The van der Waals surface area contributed by atoms with Crippen molar-refractivity contribution in [2.45, 2.75) is 77.6 Å². The van der Waals surface area contributed by atoms with Crippen molar-refractivity contribution >= 4 is 0 Å². The molecule has 122 valence electrons. The Hall–Kier alpha value is -1.03. The molecular weight excluding hydrogens is 266 g/mol. The average molecular weight is 300 g/mol. The molecule has 0 N–H and O–H groups in total. The lowest BCUT2D eigenvalue weighted by molar-refractivity contribution is 0.152. The number of hydrogen-bond donors (Lipinski definition) is 0. The molecule has 0 radical (unpaired) electrons. The van der Waals surface area contributed by atoms with Gasteiger partial charge in [-0.15, -0.1) is 0 Å². The van der Waals surface area contributed by atoms with Gasteiger partial charge in [-0.3, -0.25) is 0 Å². The highest BCUT2D eigenvalue weighted by atomic mass is 14.4. The monoisotopic (exact) mass is 299 g/mol. The van der Waals surface area contributed by atoms with E-state index in [9.17, 15) is 0 Å². The molecule has 0 aromatic rings. The van der Waals surface area contributed by atoms with Gasteiger partial charge in [-0.05, 0) is 62.2 Å². The van der Waals surface area contributed by atoms with Crippen molar-refractivity contribution < 1.29 is 0 Å². The number of hydrogen-bond acceptors (Lipinski definition) is 1. The van der Waals surface area contributed by atoms with Gasteiger partial charge in [0.05, 0.1) is 6.07 Å². The van der Waals surface area contributed by atoms with Gasteiger partial charge in [-0.1, -0.05) is 57.3 Å². The van der Waals surface area contributed by atoms with E-state index in [1.165, 1.54) is 70.6 Å². The van der Waals surface area contributed by atoms with Crippen molar-refractivity contribution in [3.05, 3.63) is 24.3 Å². The van der Waals surface area contributed by atoms with Crippen LogP contribution in [-0.4, -0.2) is 0 Å². The van der Waals surface area contributed by atoms with Gasteiger partial charge in [-0.2, -0.15) is 5.26 Å². The van der Waals surface area contributed by atoms with Gasteiger partial charge in [0.2, 0.25) is 0 Å². The fourth-order valence-electron chi connectivity index (χ4n) is 4.57. The standard InChI is InChI=1S/C21H33N/c1-2-3-7-18-9-13-20(14-10-18)21-15-11-19(12-16-21)8-5-4-6-17-22/h4-6,8,18-21H,2-3,7,9-16H2,1H3/b6-4+,8-5+. The second kappa shape index (κ2) is 9.88.